The molecule has 4 atom stereocenters. The van der Waals surface area contributed by atoms with Crippen LogP contribution in [-0.2, 0) is 0 Å². The van der Waals surface area contributed by atoms with Crippen LogP contribution in [0.5, 0.6) is 0 Å². The summed E-state index contributed by atoms with van der Waals surface area (Å²) in [6, 6.07) is 3.82. The molecule has 1 aliphatic carbocycles. The highest BCUT2D eigenvalue weighted by molar-refractivity contribution is 5.74. The lowest BCUT2D eigenvalue weighted by atomic mass is 9.69. The molecule has 0 radical (unpaired) electrons. The predicted octanol–water partition coefficient (Wildman–Crippen LogP) is 2.72. The number of fused-ring (bicyclic) bond motifs is 2. The molecule has 28 heavy (non-hydrogen) atoms. The summed E-state index contributed by atoms with van der Waals surface area (Å²) in [6.45, 7) is 6.99. The van der Waals surface area contributed by atoms with Gasteiger partial charge in [0.2, 0.25) is 0 Å². The maximum atomic E-state index is 12.5. The molecule has 8 nitrogen and oxygen atoms in total. The van der Waals surface area contributed by atoms with Crippen LogP contribution in [0.1, 0.15) is 49.7 Å². The molecule has 0 saturated carbocycles. The Kier molecular flexibility index (Phi) is 4.91. The second-order valence-corrected chi connectivity index (χ2v) is 8.23. The highest BCUT2D eigenvalue weighted by Crippen LogP contribution is 2.51. The molecular formula is C20H29N5O3. The molecule has 152 valence electrons. The normalized spacial score (nSPS) is 28.1. The molecule has 2 N–H and O–H groups in total. The number of likely N-dealkylation sites (tertiary alicyclic amines) is 1. The van der Waals surface area contributed by atoms with Gasteiger partial charge in [0.15, 0.2) is 0 Å². The van der Waals surface area contributed by atoms with Gasteiger partial charge in [-0.15, -0.1) is 0 Å². The summed E-state index contributed by atoms with van der Waals surface area (Å²) >= 11 is 0. The van der Waals surface area contributed by atoms with Gasteiger partial charge in [-0.05, 0) is 44.9 Å². The van der Waals surface area contributed by atoms with Crippen molar-refractivity contribution in [2.45, 2.75) is 50.6 Å². The van der Waals surface area contributed by atoms with Crippen LogP contribution in [-0.4, -0.2) is 66.1 Å². The minimum absolute atomic E-state index is 0.0264. The third-order valence-electron chi connectivity index (χ3n) is 6.74. The fourth-order valence-corrected chi connectivity index (χ4v) is 5.39. The quantitative estimate of drug-likeness (QED) is 0.612. The first kappa shape index (κ1) is 19.0. The van der Waals surface area contributed by atoms with Gasteiger partial charge >= 0.3 is 6.03 Å². The van der Waals surface area contributed by atoms with E-state index in [-0.39, 0.29) is 28.6 Å². The van der Waals surface area contributed by atoms with Crippen molar-refractivity contribution in [2.24, 2.45) is 0 Å². The number of anilines is 1. The molecule has 2 amide bonds. The summed E-state index contributed by atoms with van der Waals surface area (Å²) in [5.74, 6) is 0.613. The molecule has 2 aliphatic heterocycles. The standard InChI is InChI=1S/C20H29N5O3/c1-4-24(5-2)20(26)22-13-7-15-16-8-14(25(27)28)9-17-19(16)12(10-21-17)6-18(15)23(3)11-13/h8-9,12-13,15,18,21H,4-7,10-11H2,1-3H3,(H,22,26)/t12?,13-,15-,18-/m1/s1. The summed E-state index contributed by atoms with van der Waals surface area (Å²) in [5.41, 5.74) is 3.43. The van der Waals surface area contributed by atoms with E-state index >= 15 is 0 Å². The van der Waals surface area contributed by atoms with Gasteiger partial charge in [-0.25, -0.2) is 4.79 Å². The molecule has 1 aromatic carbocycles. The Bertz CT molecular complexity index is 794. The van der Waals surface area contributed by atoms with Crippen molar-refractivity contribution in [3.05, 3.63) is 33.4 Å². The molecular weight excluding hydrogens is 358 g/mol. The van der Waals surface area contributed by atoms with Crippen LogP contribution >= 0.6 is 0 Å². The van der Waals surface area contributed by atoms with E-state index in [1.807, 2.05) is 13.8 Å². The van der Waals surface area contributed by atoms with Crippen LogP contribution in [0.15, 0.2) is 12.1 Å². The third kappa shape index (κ3) is 3.09. The van der Waals surface area contributed by atoms with Crippen molar-refractivity contribution in [1.82, 2.24) is 15.1 Å². The van der Waals surface area contributed by atoms with E-state index in [9.17, 15) is 14.9 Å². The van der Waals surface area contributed by atoms with E-state index in [1.165, 1.54) is 5.56 Å². The van der Waals surface area contributed by atoms with Gasteiger partial charge in [0.05, 0.1) is 4.92 Å². The third-order valence-corrected chi connectivity index (χ3v) is 6.74. The highest BCUT2D eigenvalue weighted by Gasteiger charge is 2.45. The second-order valence-electron chi connectivity index (χ2n) is 8.23. The van der Waals surface area contributed by atoms with Crippen LogP contribution in [0, 0.1) is 10.1 Å². The van der Waals surface area contributed by atoms with Gasteiger partial charge in [-0.1, -0.05) is 0 Å². The monoisotopic (exact) mass is 387 g/mol. The lowest BCUT2D eigenvalue weighted by Gasteiger charge is -2.47. The number of benzene rings is 1. The maximum Gasteiger partial charge on any atom is 0.317 e. The number of nitro groups is 1. The van der Waals surface area contributed by atoms with Crippen molar-refractivity contribution in [3.8, 4) is 0 Å². The highest BCUT2D eigenvalue weighted by atomic mass is 16.6. The van der Waals surface area contributed by atoms with Gasteiger partial charge in [-0.2, -0.15) is 0 Å². The number of nitrogens with one attached hydrogen (secondary N) is 2. The van der Waals surface area contributed by atoms with Gasteiger partial charge in [0.1, 0.15) is 0 Å². The van der Waals surface area contributed by atoms with E-state index < -0.39 is 0 Å². The molecule has 0 aromatic heterocycles. The Morgan fingerprint density at radius 2 is 2.11 bits per heavy atom. The van der Waals surface area contributed by atoms with Gasteiger partial charge < -0.3 is 20.4 Å². The van der Waals surface area contributed by atoms with Crippen molar-refractivity contribution < 1.29 is 9.72 Å². The zero-order valence-corrected chi connectivity index (χ0v) is 16.8. The first-order valence-corrected chi connectivity index (χ1v) is 10.2. The number of nitrogens with zero attached hydrogens (tertiary/aromatic N) is 3. The molecule has 0 bridgehead atoms. The van der Waals surface area contributed by atoms with Crippen LogP contribution in [0.25, 0.3) is 0 Å². The molecule has 1 saturated heterocycles. The maximum absolute atomic E-state index is 12.5. The average Bonchev–Trinajstić information content (AvgIpc) is 3.07. The zero-order valence-electron chi connectivity index (χ0n) is 16.8. The summed E-state index contributed by atoms with van der Waals surface area (Å²) < 4.78 is 0. The van der Waals surface area contributed by atoms with Gasteiger partial charge in [-0.3, -0.25) is 10.1 Å². The number of likely N-dealkylation sites (N-methyl/N-ethyl adjacent to an activating group) is 1. The SMILES string of the molecule is CCN(CC)C(=O)N[C@@H]1C[C@@H]2c3cc([N+](=O)[O-])cc4c3C(CN4)C[C@H]2N(C)C1. The summed E-state index contributed by atoms with van der Waals surface area (Å²) in [4.78, 5) is 27.8. The molecule has 3 aliphatic rings. The van der Waals surface area contributed by atoms with Crippen LogP contribution in [0.2, 0.25) is 0 Å². The average molecular weight is 387 g/mol. The Balaban J connectivity index is 1.63. The number of nitro benzene ring substituents is 1. The number of rotatable bonds is 4. The number of hydrogen-bond donors (Lipinski definition) is 2. The lowest BCUT2D eigenvalue weighted by Crippen LogP contribution is -2.56. The van der Waals surface area contributed by atoms with Crippen LogP contribution in [0.3, 0.4) is 0 Å². The smallest absolute Gasteiger partial charge is 0.317 e. The van der Waals surface area contributed by atoms with Crippen molar-refractivity contribution in [1.29, 1.82) is 0 Å². The number of piperidine rings is 1. The number of carbonyl (C=O) groups is 1. The number of hydrogen-bond acceptors (Lipinski definition) is 5. The van der Waals surface area contributed by atoms with Gasteiger partial charge in [0.25, 0.3) is 5.69 Å². The predicted molar refractivity (Wildman–Crippen MR) is 108 cm³/mol. The molecule has 8 heteroatoms. The minimum atomic E-state index is -0.304. The van der Waals surface area contributed by atoms with Crippen molar-refractivity contribution in [3.63, 3.8) is 0 Å². The minimum Gasteiger partial charge on any atom is -0.384 e. The van der Waals surface area contributed by atoms with Crippen molar-refractivity contribution >= 4 is 17.4 Å². The van der Waals surface area contributed by atoms with Crippen molar-refractivity contribution in [2.75, 3.05) is 38.5 Å². The Hall–Kier alpha value is -2.35. The fourth-order valence-electron chi connectivity index (χ4n) is 5.39. The zero-order chi connectivity index (χ0) is 20.0. The summed E-state index contributed by atoms with van der Waals surface area (Å²) in [6.07, 6.45) is 1.88. The Morgan fingerprint density at radius 1 is 1.36 bits per heavy atom. The first-order chi connectivity index (χ1) is 13.4. The topological polar surface area (TPSA) is 90.8 Å². The lowest BCUT2D eigenvalue weighted by molar-refractivity contribution is -0.384. The number of amides is 2. The Morgan fingerprint density at radius 3 is 2.79 bits per heavy atom. The fraction of sp³-hybridized carbons (Fsp3) is 0.650. The molecule has 1 fully saturated rings. The molecule has 0 spiro atoms. The number of non-ortho nitro benzene ring substituents is 1. The molecule has 2 heterocycles. The second kappa shape index (κ2) is 7.24. The summed E-state index contributed by atoms with van der Waals surface area (Å²) in [7, 11) is 2.11. The Labute approximate surface area is 165 Å². The van der Waals surface area contributed by atoms with E-state index in [0.717, 1.165) is 37.2 Å². The van der Waals surface area contributed by atoms with E-state index in [1.54, 1.807) is 17.0 Å². The molecule has 1 aromatic rings. The van der Waals surface area contributed by atoms with E-state index in [2.05, 4.69) is 22.6 Å². The number of urea groups is 1. The van der Waals surface area contributed by atoms with Crippen LogP contribution < -0.4 is 10.6 Å². The van der Waals surface area contributed by atoms with E-state index in [0.29, 0.717) is 25.0 Å². The molecule has 4 rings (SSSR count). The summed E-state index contributed by atoms with van der Waals surface area (Å²) in [5, 5.41) is 18.0. The van der Waals surface area contributed by atoms with Gasteiger partial charge in [0, 0.05) is 67.9 Å². The first-order valence-electron chi connectivity index (χ1n) is 10.2. The molecule has 1 unspecified atom stereocenters. The number of carbonyl (C=O) groups excluding carboxylic acids is 1. The largest absolute Gasteiger partial charge is 0.384 e. The van der Waals surface area contributed by atoms with Crippen LogP contribution in [0.4, 0.5) is 16.2 Å². The van der Waals surface area contributed by atoms with E-state index in [4.69, 9.17) is 0 Å².